The zero-order chi connectivity index (χ0) is 15.7. The highest BCUT2D eigenvalue weighted by molar-refractivity contribution is 6.11. The molecule has 0 saturated heterocycles. The van der Waals surface area contributed by atoms with Crippen molar-refractivity contribution in [2.45, 2.75) is 46.0 Å². The highest BCUT2D eigenvalue weighted by Gasteiger charge is 2.27. The van der Waals surface area contributed by atoms with Crippen LogP contribution in [0.15, 0.2) is 28.0 Å². The maximum absolute atomic E-state index is 12.3. The van der Waals surface area contributed by atoms with Crippen LogP contribution < -0.4 is 5.56 Å². The highest BCUT2D eigenvalue weighted by atomic mass is 16.3. The molecule has 0 atom stereocenters. The number of aliphatic imine (C=N–C) groups is 1. The van der Waals surface area contributed by atoms with Crippen LogP contribution in [0.4, 0.5) is 0 Å². The van der Waals surface area contributed by atoms with Gasteiger partial charge in [0.25, 0.3) is 5.56 Å². The molecule has 0 amide bonds. The first-order valence-corrected chi connectivity index (χ1v) is 8.11. The fourth-order valence-electron chi connectivity index (χ4n) is 3.46. The maximum atomic E-state index is 12.3. The number of allylic oxidation sites excluding steroid dienone is 1. The monoisotopic (exact) mass is 300 g/mol. The van der Waals surface area contributed by atoms with Gasteiger partial charge in [-0.25, -0.2) is 0 Å². The van der Waals surface area contributed by atoms with Crippen molar-refractivity contribution >= 4 is 5.71 Å². The van der Waals surface area contributed by atoms with E-state index < -0.39 is 0 Å². The van der Waals surface area contributed by atoms with E-state index in [1.807, 2.05) is 6.08 Å². The van der Waals surface area contributed by atoms with E-state index in [0.717, 1.165) is 12.1 Å². The summed E-state index contributed by atoms with van der Waals surface area (Å²) in [5.74, 6) is 0.637. The van der Waals surface area contributed by atoms with Crippen LogP contribution in [-0.4, -0.2) is 22.3 Å². The summed E-state index contributed by atoms with van der Waals surface area (Å²) in [6.45, 7) is 5.22. The number of hydrogen-bond donors (Lipinski definition) is 2. The van der Waals surface area contributed by atoms with Crippen LogP contribution in [0.5, 0.6) is 5.75 Å². The van der Waals surface area contributed by atoms with E-state index in [4.69, 9.17) is 0 Å². The predicted octanol–water partition coefficient (Wildman–Crippen LogP) is 3.20. The van der Waals surface area contributed by atoms with E-state index in [1.54, 1.807) is 12.1 Å². The van der Waals surface area contributed by atoms with Gasteiger partial charge in [-0.1, -0.05) is 19.9 Å². The maximum Gasteiger partial charge on any atom is 0.261 e. The summed E-state index contributed by atoms with van der Waals surface area (Å²) in [5.41, 5.74) is 1.91. The molecular formula is C18H24N2O2. The van der Waals surface area contributed by atoms with Crippen LogP contribution in [0.3, 0.4) is 0 Å². The number of aromatic amines is 1. The molecule has 1 fully saturated rings. The topological polar surface area (TPSA) is 65.5 Å². The van der Waals surface area contributed by atoms with Gasteiger partial charge in [0.05, 0.1) is 12.3 Å². The molecule has 2 N–H and O–H groups in total. The summed E-state index contributed by atoms with van der Waals surface area (Å²) in [5, 5.41) is 10.2. The molecule has 0 aromatic carbocycles. The number of aromatic hydroxyl groups is 1. The fourth-order valence-corrected chi connectivity index (χ4v) is 3.46. The number of pyridine rings is 1. The van der Waals surface area contributed by atoms with Crippen LogP contribution >= 0.6 is 0 Å². The average Bonchev–Trinajstić information content (AvgIpc) is 2.94. The van der Waals surface area contributed by atoms with Gasteiger partial charge >= 0.3 is 0 Å². The number of nitrogens with one attached hydrogen (secondary N) is 1. The Labute approximate surface area is 131 Å². The van der Waals surface area contributed by atoms with Gasteiger partial charge in [0.2, 0.25) is 0 Å². The minimum Gasteiger partial charge on any atom is -0.507 e. The lowest BCUT2D eigenvalue weighted by Crippen LogP contribution is -2.24. The lowest BCUT2D eigenvalue weighted by atomic mass is 9.72. The van der Waals surface area contributed by atoms with Crippen molar-refractivity contribution in [2.24, 2.45) is 16.3 Å². The fraction of sp³-hybridized carbons (Fsp3) is 0.556. The van der Waals surface area contributed by atoms with Gasteiger partial charge in [-0.3, -0.25) is 9.79 Å². The van der Waals surface area contributed by atoms with Gasteiger partial charge in [-0.05, 0) is 49.5 Å². The summed E-state index contributed by atoms with van der Waals surface area (Å²) in [4.78, 5) is 19.4. The molecule has 2 heterocycles. The first-order chi connectivity index (χ1) is 10.4. The Balaban J connectivity index is 1.76. The van der Waals surface area contributed by atoms with Crippen molar-refractivity contribution in [3.05, 3.63) is 39.8 Å². The summed E-state index contributed by atoms with van der Waals surface area (Å²) in [6, 6.07) is 1.70. The highest BCUT2D eigenvalue weighted by Crippen LogP contribution is 2.39. The van der Waals surface area contributed by atoms with Crippen LogP contribution in [0, 0.1) is 11.3 Å². The second-order valence-corrected chi connectivity index (χ2v) is 7.32. The molecular weight excluding hydrogens is 276 g/mol. The second-order valence-electron chi connectivity index (χ2n) is 7.32. The molecule has 4 nitrogen and oxygen atoms in total. The summed E-state index contributed by atoms with van der Waals surface area (Å²) < 4.78 is 0. The van der Waals surface area contributed by atoms with E-state index >= 15 is 0 Å². The second kappa shape index (κ2) is 5.75. The smallest absolute Gasteiger partial charge is 0.261 e. The lowest BCUT2D eigenvalue weighted by Gasteiger charge is -2.34. The minimum absolute atomic E-state index is 0.0418. The molecule has 1 aliphatic heterocycles. The molecule has 1 aromatic rings. The molecule has 1 saturated carbocycles. The summed E-state index contributed by atoms with van der Waals surface area (Å²) in [6.07, 6.45) is 9.33. The van der Waals surface area contributed by atoms with Crippen molar-refractivity contribution in [2.75, 3.05) is 6.54 Å². The molecule has 22 heavy (non-hydrogen) atoms. The van der Waals surface area contributed by atoms with E-state index in [0.29, 0.717) is 29.2 Å². The van der Waals surface area contributed by atoms with Gasteiger partial charge < -0.3 is 10.1 Å². The lowest BCUT2D eigenvalue weighted by molar-refractivity contribution is 0.190. The van der Waals surface area contributed by atoms with Gasteiger partial charge in [-0.2, -0.15) is 0 Å². The van der Waals surface area contributed by atoms with Gasteiger partial charge in [-0.15, -0.1) is 0 Å². The van der Waals surface area contributed by atoms with E-state index in [1.165, 1.54) is 25.7 Å². The van der Waals surface area contributed by atoms with E-state index in [9.17, 15) is 9.90 Å². The summed E-state index contributed by atoms with van der Waals surface area (Å²) >= 11 is 0. The van der Waals surface area contributed by atoms with E-state index in [2.05, 4.69) is 23.8 Å². The van der Waals surface area contributed by atoms with Crippen LogP contribution in [-0.2, 0) is 6.42 Å². The first kappa shape index (κ1) is 15.1. The Morgan fingerprint density at radius 2 is 2.09 bits per heavy atom. The Morgan fingerprint density at radius 1 is 1.36 bits per heavy atom. The number of hydrogen-bond acceptors (Lipinski definition) is 3. The molecule has 2 aliphatic rings. The third kappa shape index (κ3) is 3.16. The van der Waals surface area contributed by atoms with Crippen LogP contribution in [0.2, 0.25) is 0 Å². The van der Waals surface area contributed by atoms with Crippen molar-refractivity contribution in [3.63, 3.8) is 0 Å². The third-order valence-corrected chi connectivity index (χ3v) is 4.93. The molecule has 0 bridgehead atoms. The number of nitrogens with zero attached hydrogens (tertiary/aromatic N) is 1. The molecule has 1 aromatic heterocycles. The van der Waals surface area contributed by atoms with Crippen molar-refractivity contribution in [1.29, 1.82) is 0 Å². The Morgan fingerprint density at radius 3 is 2.68 bits per heavy atom. The normalized spacial score (nSPS) is 21.1. The Kier molecular flexibility index (Phi) is 3.94. The summed E-state index contributed by atoms with van der Waals surface area (Å²) in [7, 11) is 0. The molecule has 118 valence electrons. The van der Waals surface area contributed by atoms with E-state index in [-0.39, 0.29) is 11.3 Å². The minimum atomic E-state index is -0.239. The Bertz CT molecular complexity index is 673. The average molecular weight is 300 g/mol. The van der Waals surface area contributed by atoms with Crippen molar-refractivity contribution in [1.82, 2.24) is 4.98 Å². The molecule has 0 unspecified atom stereocenters. The molecule has 3 rings (SSSR count). The molecule has 0 radical (unpaired) electrons. The molecule has 0 spiro atoms. The third-order valence-electron chi connectivity index (χ3n) is 4.93. The molecule has 1 aliphatic carbocycles. The largest absolute Gasteiger partial charge is 0.507 e. The zero-order valence-electron chi connectivity index (χ0n) is 13.4. The number of H-pyrrole nitrogens is 1. The number of rotatable bonds is 3. The van der Waals surface area contributed by atoms with Gasteiger partial charge in [0.15, 0.2) is 0 Å². The quantitative estimate of drug-likeness (QED) is 0.900. The van der Waals surface area contributed by atoms with Crippen molar-refractivity contribution in [3.8, 4) is 5.75 Å². The SMILES string of the molecule is CC1(C)CCC(Cc2cc(O)c(C3=NCC=C3)c(=O)[nH]2)CC1. The number of aromatic nitrogens is 1. The van der Waals surface area contributed by atoms with Crippen LogP contribution in [0.25, 0.3) is 0 Å². The first-order valence-electron chi connectivity index (χ1n) is 8.11. The van der Waals surface area contributed by atoms with Gasteiger partial charge in [0, 0.05) is 11.8 Å². The van der Waals surface area contributed by atoms with Gasteiger partial charge in [0.1, 0.15) is 11.3 Å². The predicted molar refractivity (Wildman–Crippen MR) is 88.7 cm³/mol. The van der Waals surface area contributed by atoms with Crippen LogP contribution in [0.1, 0.15) is 50.8 Å². The van der Waals surface area contributed by atoms with Crippen molar-refractivity contribution < 1.29 is 5.11 Å². The Hall–Kier alpha value is -1.84. The standard InChI is InChI=1S/C18H24N2O2/c1-18(2)7-5-12(6-8-18)10-13-11-15(21)16(17(22)20-13)14-4-3-9-19-14/h3-4,11-12H,5-10H2,1-2H3,(H2,20,21,22). The zero-order valence-corrected chi connectivity index (χ0v) is 13.4. The molecule has 4 heteroatoms.